The lowest BCUT2D eigenvalue weighted by Crippen LogP contribution is -2.44. The highest BCUT2D eigenvalue weighted by molar-refractivity contribution is 7.11. The third-order valence-electron chi connectivity index (χ3n) is 5.92. The van der Waals surface area contributed by atoms with Gasteiger partial charge in [-0.05, 0) is 31.3 Å². The second kappa shape index (κ2) is 8.17. The smallest absolute Gasteiger partial charge is 0.139 e. The van der Waals surface area contributed by atoms with Crippen molar-refractivity contribution in [2.75, 3.05) is 49.6 Å². The lowest BCUT2D eigenvalue weighted by molar-refractivity contribution is 0.313. The number of aromatic nitrogens is 1. The van der Waals surface area contributed by atoms with Gasteiger partial charge < -0.3 is 19.8 Å². The number of anilines is 2. The number of likely N-dealkylation sites (N-methyl/N-ethyl adjacent to an activating group) is 1. The minimum absolute atomic E-state index is 0.196. The van der Waals surface area contributed by atoms with E-state index in [1.807, 2.05) is 52.7 Å². The Bertz CT molecular complexity index is 1110. The van der Waals surface area contributed by atoms with Crippen molar-refractivity contribution in [1.29, 1.82) is 5.41 Å². The summed E-state index contributed by atoms with van der Waals surface area (Å²) in [5.41, 5.74) is 4.53. The second-order valence-electron chi connectivity index (χ2n) is 7.97. The Morgan fingerprint density at radius 1 is 0.935 bits per heavy atom. The van der Waals surface area contributed by atoms with Gasteiger partial charge in [-0.15, -0.1) is 11.3 Å². The van der Waals surface area contributed by atoms with Crippen LogP contribution in [0, 0.1) is 5.41 Å². The van der Waals surface area contributed by atoms with Crippen molar-refractivity contribution in [2.24, 2.45) is 0 Å². The average Bonchev–Trinajstić information content (AvgIpc) is 3.39. The first-order chi connectivity index (χ1) is 15.1. The first-order valence-electron chi connectivity index (χ1n) is 10.4. The van der Waals surface area contributed by atoms with Crippen molar-refractivity contribution in [3.05, 3.63) is 70.7 Å². The summed E-state index contributed by atoms with van der Waals surface area (Å²) >= 11 is 1.46. The van der Waals surface area contributed by atoms with E-state index in [-0.39, 0.29) is 5.76 Å². The summed E-state index contributed by atoms with van der Waals surface area (Å²) in [5, 5.41) is 22.0. The maximum absolute atomic E-state index is 10.7. The fourth-order valence-electron chi connectivity index (χ4n) is 4.06. The van der Waals surface area contributed by atoms with Gasteiger partial charge in [0.15, 0.2) is 0 Å². The second-order valence-corrected chi connectivity index (χ2v) is 8.83. The zero-order valence-corrected chi connectivity index (χ0v) is 18.3. The van der Waals surface area contributed by atoms with Crippen molar-refractivity contribution in [1.82, 2.24) is 9.88 Å². The third kappa shape index (κ3) is 3.82. The minimum atomic E-state index is 0.196. The van der Waals surface area contributed by atoms with E-state index in [0.29, 0.717) is 23.0 Å². The summed E-state index contributed by atoms with van der Waals surface area (Å²) in [5.74, 6) is 0.487. The maximum Gasteiger partial charge on any atom is 0.139 e. The molecule has 5 rings (SSSR count). The fourth-order valence-corrected chi connectivity index (χ4v) is 4.96. The SMILES string of the molecule is CN1CCN(c2ccc(N3CC(O)=C(c4nc(-c5ccccc5)cs4)C3=N)cc2)CC1. The molecule has 31 heavy (non-hydrogen) atoms. The zero-order chi connectivity index (χ0) is 21.4. The predicted octanol–water partition coefficient (Wildman–Crippen LogP) is 4.33. The molecule has 0 saturated carbocycles. The summed E-state index contributed by atoms with van der Waals surface area (Å²) in [6.07, 6.45) is 0. The standard InChI is InChI=1S/C24H25N5OS/c1-27-11-13-28(14-12-27)18-7-9-19(10-8-18)29-15-21(30)22(23(29)25)24-26-20(16-31-24)17-5-3-2-4-6-17/h2-10,16,25,30H,11-15H2,1H3. The lowest BCUT2D eigenvalue weighted by Gasteiger charge is -2.34. The highest BCUT2D eigenvalue weighted by atomic mass is 32.1. The van der Waals surface area contributed by atoms with Gasteiger partial charge in [-0.25, -0.2) is 4.98 Å². The zero-order valence-electron chi connectivity index (χ0n) is 17.5. The van der Waals surface area contributed by atoms with E-state index < -0.39 is 0 Å². The van der Waals surface area contributed by atoms with Crippen LogP contribution in [0.4, 0.5) is 11.4 Å². The van der Waals surface area contributed by atoms with Gasteiger partial charge in [0.25, 0.3) is 0 Å². The van der Waals surface area contributed by atoms with E-state index in [2.05, 4.69) is 29.0 Å². The van der Waals surface area contributed by atoms with E-state index in [4.69, 9.17) is 10.4 Å². The Labute approximate surface area is 186 Å². The third-order valence-corrected chi connectivity index (χ3v) is 6.78. The largest absolute Gasteiger partial charge is 0.510 e. The quantitative estimate of drug-likeness (QED) is 0.644. The summed E-state index contributed by atoms with van der Waals surface area (Å²) in [6.45, 7) is 4.48. The molecule has 6 nitrogen and oxygen atoms in total. The molecule has 0 radical (unpaired) electrons. The molecule has 0 atom stereocenters. The van der Waals surface area contributed by atoms with Gasteiger partial charge in [0.05, 0.1) is 17.8 Å². The number of hydrogen-bond acceptors (Lipinski definition) is 6. The molecular formula is C24H25N5OS. The monoisotopic (exact) mass is 431 g/mol. The topological polar surface area (TPSA) is 66.7 Å². The minimum Gasteiger partial charge on any atom is -0.510 e. The Morgan fingerprint density at radius 2 is 1.61 bits per heavy atom. The predicted molar refractivity (Wildman–Crippen MR) is 128 cm³/mol. The van der Waals surface area contributed by atoms with Gasteiger partial charge in [0, 0.05) is 48.5 Å². The molecule has 0 unspecified atom stereocenters. The van der Waals surface area contributed by atoms with Crippen LogP contribution in [-0.2, 0) is 0 Å². The molecule has 2 N–H and O–H groups in total. The number of amidine groups is 1. The number of hydrogen-bond donors (Lipinski definition) is 2. The van der Waals surface area contributed by atoms with Crippen LogP contribution in [0.15, 0.2) is 65.7 Å². The number of rotatable bonds is 4. The van der Waals surface area contributed by atoms with Crippen molar-refractivity contribution < 1.29 is 5.11 Å². The number of nitrogens with one attached hydrogen (secondary N) is 1. The molecule has 1 saturated heterocycles. The van der Waals surface area contributed by atoms with Crippen LogP contribution in [0.3, 0.4) is 0 Å². The molecule has 1 aromatic heterocycles. The van der Waals surface area contributed by atoms with Gasteiger partial charge >= 0.3 is 0 Å². The number of piperazine rings is 1. The van der Waals surface area contributed by atoms with Gasteiger partial charge in [-0.2, -0.15) is 0 Å². The molecule has 7 heteroatoms. The first kappa shape index (κ1) is 19.8. The number of benzene rings is 2. The Balaban J connectivity index is 1.33. The molecule has 0 spiro atoms. The molecule has 1 fully saturated rings. The molecule has 2 aliphatic rings. The molecular weight excluding hydrogens is 406 g/mol. The number of thiazole rings is 1. The van der Waals surface area contributed by atoms with E-state index in [9.17, 15) is 5.11 Å². The van der Waals surface area contributed by atoms with Crippen LogP contribution >= 0.6 is 11.3 Å². The van der Waals surface area contributed by atoms with Gasteiger partial charge in [-0.3, -0.25) is 5.41 Å². The van der Waals surface area contributed by atoms with Crippen molar-refractivity contribution in [2.45, 2.75) is 0 Å². The number of aliphatic hydroxyl groups excluding tert-OH is 1. The molecule has 2 aromatic carbocycles. The van der Waals surface area contributed by atoms with E-state index in [1.54, 1.807) is 0 Å². The highest BCUT2D eigenvalue weighted by Crippen LogP contribution is 2.35. The maximum atomic E-state index is 10.7. The molecule has 0 bridgehead atoms. The molecule has 3 aromatic rings. The van der Waals surface area contributed by atoms with Crippen molar-refractivity contribution >= 4 is 34.1 Å². The lowest BCUT2D eigenvalue weighted by atomic mass is 10.2. The fraction of sp³-hybridized carbons (Fsp3) is 0.250. The summed E-state index contributed by atoms with van der Waals surface area (Å²) in [7, 11) is 2.15. The van der Waals surface area contributed by atoms with E-state index in [1.165, 1.54) is 17.0 Å². The van der Waals surface area contributed by atoms with Crippen LogP contribution in [0.5, 0.6) is 0 Å². The molecule has 3 heterocycles. The van der Waals surface area contributed by atoms with Gasteiger partial charge in [-0.1, -0.05) is 30.3 Å². The van der Waals surface area contributed by atoms with E-state index >= 15 is 0 Å². The van der Waals surface area contributed by atoms with Crippen LogP contribution in [0.1, 0.15) is 5.01 Å². The van der Waals surface area contributed by atoms with Gasteiger partial charge in [0.1, 0.15) is 16.6 Å². The Hall–Kier alpha value is -3.16. The molecule has 0 amide bonds. The summed E-state index contributed by atoms with van der Waals surface area (Å²) in [4.78, 5) is 11.3. The van der Waals surface area contributed by atoms with Crippen LogP contribution < -0.4 is 9.80 Å². The summed E-state index contributed by atoms with van der Waals surface area (Å²) < 4.78 is 0. The number of nitrogens with zero attached hydrogens (tertiary/aromatic N) is 4. The molecule has 0 aliphatic carbocycles. The van der Waals surface area contributed by atoms with E-state index in [0.717, 1.165) is 43.1 Å². The Morgan fingerprint density at radius 3 is 2.32 bits per heavy atom. The normalized spacial score (nSPS) is 17.6. The number of aliphatic hydroxyl groups is 1. The highest BCUT2D eigenvalue weighted by Gasteiger charge is 2.31. The first-order valence-corrected chi connectivity index (χ1v) is 11.3. The van der Waals surface area contributed by atoms with Crippen LogP contribution in [-0.4, -0.2) is 60.6 Å². The average molecular weight is 432 g/mol. The van der Waals surface area contributed by atoms with Crippen molar-refractivity contribution in [3.8, 4) is 11.3 Å². The van der Waals surface area contributed by atoms with Crippen molar-refractivity contribution in [3.63, 3.8) is 0 Å². The molecule has 2 aliphatic heterocycles. The van der Waals surface area contributed by atoms with Gasteiger partial charge in [0.2, 0.25) is 0 Å². The Kier molecular flexibility index (Phi) is 5.21. The van der Waals surface area contributed by atoms with Crippen LogP contribution in [0.2, 0.25) is 0 Å². The summed E-state index contributed by atoms with van der Waals surface area (Å²) in [6, 6.07) is 18.3. The molecule has 158 valence electrons. The van der Waals surface area contributed by atoms with Crippen LogP contribution in [0.25, 0.3) is 16.8 Å².